The first-order valence-corrected chi connectivity index (χ1v) is 14.4. The van der Waals surface area contributed by atoms with Gasteiger partial charge in [-0.2, -0.15) is 4.98 Å². The molecule has 2 aromatic carbocycles. The molecule has 0 saturated carbocycles. The smallest absolute Gasteiger partial charge is 0.337 e. The number of anilines is 1. The third-order valence-electron chi connectivity index (χ3n) is 6.98. The number of fused-ring (bicyclic) bond motifs is 1. The van der Waals surface area contributed by atoms with E-state index in [-0.39, 0.29) is 18.0 Å². The van der Waals surface area contributed by atoms with Gasteiger partial charge in [-0.25, -0.2) is 14.3 Å². The van der Waals surface area contributed by atoms with Crippen LogP contribution in [0.2, 0.25) is 0 Å². The molecule has 1 fully saturated rings. The molecular weight excluding hydrogens is 520 g/mol. The Kier molecular flexibility index (Phi) is 6.40. The molecule has 0 spiro atoms. The normalized spacial score (nSPS) is 13.6. The number of aromatic nitrogens is 5. The minimum atomic E-state index is -0.487. The van der Waals surface area contributed by atoms with Crippen LogP contribution in [0.3, 0.4) is 0 Å². The van der Waals surface area contributed by atoms with E-state index in [9.17, 15) is 9.59 Å². The molecule has 4 heterocycles. The molecule has 9 nitrogen and oxygen atoms in total. The van der Waals surface area contributed by atoms with Crippen LogP contribution in [0.5, 0.6) is 0 Å². The zero-order valence-corrected chi connectivity index (χ0v) is 22.9. The molecule has 0 N–H and O–H groups in total. The molecule has 3 aromatic heterocycles. The van der Waals surface area contributed by atoms with Gasteiger partial charge in [0.05, 0.1) is 5.69 Å². The van der Waals surface area contributed by atoms with Gasteiger partial charge >= 0.3 is 5.69 Å². The van der Waals surface area contributed by atoms with Crippen LogP contribution in [-0.4, -0.2) is 43.6 Å². The average molecular weight is 547 g/mol. The summed E-state index contributed by atoms with van der Waals surface area (Å²) in [6, 6.07) is 13.5. The Hall–Kier alpha value is -3.70. The summed E-state index contributed by atoms with van der Waals surface area (Å²) < 4.78 is 8.71. The van der Waals surface area contributed by atoms with E-state index in [2.05, 4.69) is 15.0 Å². The number of nitrogens with zero attached hydrogens (tertiary/aromatic N) is 6. The van der Waals surface area contributed by atoms with Crippen molar-refractivity contribution in [3.63, 3.8) is 0 Å². The lowest BCUT2D eigenvalue weighted by molar-refractivity contribution is 0.370. The number of rotatable bonds is 6. The molecular formula is C27H26N6O3S2. The van der Waals surface area contributed by atoms with E-state index in [4.69, 9.17) is 9.51 Å². The van der Waals surface area contributed by atoms with Gasteiger partial charge in [-0.3, -0.25) is 9.36 Å². The molecule has 0 radical (unpaired) electrons. The van der Waals surface area contributed by atoms with E-state index in [1.54, 1.807) is 17.8 Å². The third kappa shape index (κ3) is 4.25. The van der Waals surface area contributed by atoms with Gasteiger partial charge in [-0.1, -0.05) is 28.6 Å². The maximum absolute atomic E-state index is 13.9. The summed E-state index contributed by atoms with van der Waals surface area (Å²) in [6.45, 7) is 5.65. The van der Waals surface area contributed by atoms with E-state index < -0.39 is 5.69 Å². The van der Waals surface area contributed by atoms with Gasteiger partial charge in [0, 0.05) is 23.5 Å². The second-order valence-electron chi connectivity index (χ2n) is 9.31. The van der Waals surface area contributed by atoms with Crippen molar-refractivity contribution in [1.29, 1.82) is 0 Å². The largest absolute Gasteiger partial charge is 0.348 e. The highest BCUT2D eigenvalue weighted by molar-refractivity contribution is 7.98. The van der Waals surface area contributed by atoms with Gasteiger partial charge < -0.3 is 9.42 Å². The third-order valence-corrected chi connectivity index (χ3v) is 8.81. The summed E-state index contributed by atoms with van der Waals surface area (Å²) in [6.07, 6.45) is 4.18. The number of hydrogen-bond acceptors (Lipinski definition) is 9. The fourth-order valence-corrected chi connectivity index (χ4v) is 6.17. The van der Waals surface area contributed by atoms with Crippen molar-refractivity contribution in [3.05, 3.63) is 80.3 Å². The van der Waals surface area contributed by atoms with Crippen LogP contribution in [0, 0.1) is 13.8 Å². The lowest BCUT2D eigenvalue weighted by Gasteiger charge is -2.13. The average Bonchev–Trinajstić information content (AvgIpc) is 3.70. The molecule has 0 amide bonds. The molecule has 6 rings (SSSR count). The maximum Gasteiger partial charge on any atom is 0.337 e. The van der Waals surface area contributed by atoms with Gasteiger partial charge in [-0.05, 0) is 74.4 Å². The molecule has 11 heteroatoms. The first kappa shape index (κ1) is 24.6. The Bertz CT molecular complexity index is 1760. The van der Waals surface area contributed by atoms with Crippen molar-refractivity contribution >= 4 is 38.6 Å². The van der Waals surface area contributed by atoms with Gasteiger partial charge in [-0.15, -0.1) is 11.8 Å². The fourth-order valence-electron chi connectivity index (χ4n) is 4.71. The summed E-state index contributed by atoms with van der Waals surface area (Å²) >= 11 is 2.99. The summed E-state index contributed by atoms with van der Waals surface area (Å²) in [4.78, 5) is 40.3. The van der Waals surface area contributed by atoms with Crippen molar-refractivity contribution in [3.8, 4) is 17.1 Å². The summed E-state index contributed by atoms with van der Waals surface area (Å²) in [5.41, 5.74) is 2.74. The van der Waals surface area contributed by atoms with Crippen molar-refractivity contribution in [2.75, 3.05) is 24.2 Å². The van der Waals surface area contributed by atoms with Crippen LogP contribution in [-0.2, 0) is 6.54 Å². The molecule has 0 unspecified atom stereocenters. The maximum atomic E-state index is 13.9. The second kappa shape index (κ2) is 9.88. The minimum absolute atomic E-state index is 0.000451. The van der Waals surface area contributed by atoms with Crippen LogP contribution in [0.15, 0.2) is 61.5 Å². The van der Waals surface area contributed by atoms with Crippen molar-refractivity contribution in [2.45, 2.75) is 38.1 Å². The zero-order valence-electron chi connectivity index (χ0n) is 21.3. The zero-order chi connectivity index (χ0) is 26.4. The lowest BCUT2D eigenvalue weighted by Crippen LogP contribution is -2.39. The van der Waals surface area contributed by atoms with E-state index >= 15 is 0 Å². The predicted molar refractivity (Wildman–Crippen MR) is 151 cm³/mol. The Morgan fingerprint density at radius 3 is 2.53 bits per heavy atom. The van der Waals surface area contributed by atoms with Crippen molar-refractivity contribution in [1.82, 2.24) is 24.3 Å². The topological polar surface area (TPSA) is 99.0 Å². The van der Waals surface area contributed by atoms with Crippen LogP contribution in [0.1, 0.15) is 29.9 Å². The number of hydrogen-bond donors (Lipinski definition) is 0. The highest BCUT2D eigenvalue weighted by Gasteiger charge is 2.24. The number of thiazole rings is 1. The Morgan fingerprint density at radius 2 is 1.79 bits per heavy atom. The molecule has 0 atom stereocenters. The Labute approximate surface area is 226 Å². The standard InChI is InChI=1S/C27H26N6O3S2/c1-16-7-6-8-20(17(16)2)33-25(34)22-24(29-26(38-22)31-13-4-5-14-31)32(27(33)35)15-21-28-23(30-36-21)18-9-11-19(37-3)12-10-18/h6-12H,4-5,13-15H2,1-3H3. The van der Waals surface area contributed by atoms with E-state index in [0.29, 0.717) is 21.9 Å². The second-order valence-corrected chi connectivity index (χ2v) is 11.2. The van der Waals surface area contributed by atoms with E-state index in [1.807, 2.05) is 56.5 Å². The van der Waals surface area contributed by atoms with Gasteiger partial charge in [0.15, 0.2) is 10.8 Å². The van der Waals surface area contributed by atoms with Crippen LogP contribution in [0.4, 0.5) is 5.13 Å². The molecule has 38 heavy (non-hydrogen) atoms. The summed E-state index contributed by atoms with van der Waals surface area (Å²) in [5.74, 6) is 0.704. The monoisotopic (exact) mass is 546 g/mol. The molecule has 0 bridgehead atoms. The highest BCUT2D eigenvalue weighted by Crippen LogP contribution is 2.29. The van der Waals surface area contributed by atoms with Crippen molar-refractivity contribution in [2.24, 2.45) is 0 Å². The Balaban J connectivity index is 1.50. The summed E-state index contributed by atoms with van der Waals surface area (Å²) in [5, 5.41) is 4.89. The summed E-state index contributed by atoms with van der Waals surface area (Å²) in [7, 11) is 0. The molecule has 0 aliphatic carbocycles. The molecule has 1 aliphatic heterocycles. The quantitative estimate of drug-likeness (QED) is 0.284. The molecule has 1 saturated heterocycles. The highest BCUT2D eigenvalue weighted by atomic mass is 32.2. The first-order chi connectivity index (χ1) is 18.4. The molecule has 1 aliphatic rings. The number of thioether (sulfide) groups is 1. The van der Waals surface area contributed by atoms with E-state index in [0.717, 1.165) is 52.6 Å². The predicted octanol–water partition coefficient (Wildman–Crippen LogP) is 4.65. The van der Waals surface area contributed by atoms with Crippen LogP contribution < -0.4 is 16.1 Å². The fraction of sp³-hybridized carbons (Fsp3) is 0.296. The SMILES string of the molecule is CSc1ccc(-c2noc(Cn3c(=O)n(-c4cccc(C)c4C)c(=O)c4sc(N5CCCC5)nc43)n2)cc1. The molecule has 5 aromatic rings. The van der Waals surface area contributed by atoms with Crippen LogP contribution in [0.25, 0.3) is 27.4 Å². The van der Waals surface area contributed by atoms with E-state index in [1.165, 1.54) is 20.5 Å². The molecule has 194 valence electrons. The van der Waals surface area contributed by atoms with Gasteiger partial charge in [0.25, 0.3) is 5.56 Å². The van der Waals surface area contributed by atoms with Crippen molar-refractivity contribution < 1.29 is 4.52 Å². The Morgan fingerprint density at radius 1 is 1.03 bits per heavy atom. The van der Waals surface area contributed by atoms with Gasteiger partial charge in [0.1, 0.15) is 11.2 Å². The number of benzene rings is 2. The number of aryl methyl sites for hydroxylation is 1. The first-order valence-electron chi connectivity index (χ1n) is 12.4. The minimum Gasteiger partial charge on any atom is -0.348 e. The van der Waals surface area contributed by atoms with Gasteiger partial charge in [0.2, 0.25) is 11.7 Å². The van der Waals surface area contributed by atoms with Crippen LogP contribution >= 0.6 is 23.1 Å². The lowest BCUT2D eigenvalue weighted by atomic mass is 10.1.